The molecule has 0 fully saturated rings. The van der Waals surface area contributed by atoms with Gasteiger partial charge in [0.05, 0.1) is 7.11 Å². The predicted molar refractivity (Wildman–Crippen MR) is 95.3 cm³/mol. The zero-order valence-electron chi connectivity index (χ0n) is 15.2. The van der Waals surface area contributed by atoms with E-state index >= 15 is 0 Å². The summed E-state index contributed by atoms with van der Waals surface area (Å²) in [6, 6.07) is 7.87. The number of aryl methyl sites for hydroxylation is 1. The molecular formula is C17H21N7O2. The molecule has 9 nitrogen and oxygen atoms in total. The van der Waals surface area contributed by atoms with E-state index in [1.807, 2.05) is 37.4 Å². The number of likely N-dealkylation sites (N-methyl/N-ethyl adjacent to an activating group) is 1. The van der Waals surface area contributed by atoms with Crippen molar-refractivity contribution in [2.45, 2.75) is 26.3 Å². The molecule has 0 aliphatic carbocycles. The van der Waals surface area contributed by atoms with Gasteiger partial charge in [-0.1, -0.05) is 17.3 Å². The molecule has 3 rings (SSSR count). The Balaban J connectivity index is 2.02. The SMILES string of the molecule is CNC(C)Cc1noc(/C(=C/c2cccc(OC)c2)n2nnnc2C)n1. The third kappa shape index (κ3) is 3.94. The molecule has 0 aliphatic heterocycles. The summed E-state index contributed by atoms with van der Waals surface area (Å²) in [6.45, 7) is 3.86. The Bertz CT molecular complexity index is 900. The van der Waals surface area contributed by atoms with Crippen LogP contribution in [0.5, 0.6) is 5.75 Å². The number of aromatic nitrogens is 6. The van der Waals surface area contributed by atoms with Crippen molar-refractivity contribution in [1.82, 2.24) is 35.7 Å². The molecule has 2 heterocycles. The van der Waals surface area contributed by atoms with E-state index in [2.05, 4.69) is 37.9 Å². The highest BCUT2D eigenvalue weighted by Crippen LogP contribution is 2.22. The van der Waals surface area contributed by atoms with Crippen LogP contribution in [0.25, 0.3) is 11.8 Å². The molecule has 0 saturated carbocycles. The van der Waals surface area contributed by atoms with Gasteiger partial charge >= 0.3 is 0 Å². The van der Waals surface area contributed by atoms with Crippen LogP contribution in [0.1, 0.15) is 30.0 Å². The number of hydrogen-bond donors (Lipinski definition) is 1. The Morgan fingerprint density at radius 3 is 2.96 bits per heavy atom. The molecule has 0 amide bonds. The van der Waals surface area contributed by atoms with Crippen molar-refractivity contribution in [3.05, 3.63) is 47.4 Å². The highest BCUT2D eigenvalue weighted by atomic mass is 16.5. The van der Waals surface area contributed by atoms with E-state index < -0.39 is 0 Å². The molecule has 0 saturated heterocycles. The van der Waals surface area contributed by atoms with Crippen LogP contribution in [-0.2, 0) is 6.42 Å². The van der Waals surface area contributed by atoms with Crippen molar-refractivity contribution in [3.8, 4) is 5.75 Å². The molecule has 9 heteroatoms. The average Bonchev–Trinajstić information content (AvgIpc) is 3.29. The molecule has 1 atom stereocenters. The average molecular weight is 355 g/mol. The molecule has 3 aromatic rings. The molecule has 1 unspecified atom stereocenters. The van der Waals surface area contributed by atoms with Crippen LogP contribution in [0.2, 0.25) is 0 Å². The van der Waals surface area contributed by atoms with E-state index in [1.165, 1.54) is 0 Å². The first-order chi connectivity index (χ1) is 12.6. The molecular weight excluding hydrogens is 334 g/mol. The topological polar surface area (TPSA) is 104 Å². The Hall–Kier alpha value is -3.07. The molecule has 0 bridgehead atoms. The van der Waals surface area contributed by atoms with E-state index in [0.717, 1.165) is 11.3 Å². The van der Waals surface area contributed by atoms with Crippen molar-refractivity contribution >= 4 is 11.8 Å². The van der Waals surface area contributed by atoms with Crippen LogP contribution in [0.4, 0.5) is 0 Å². The maximum absolute atomic E-state index is 5.47. The number of benzene rings is 1. The third-order valence-corrected chi connectivity index (χ3v) is 3.92. The molecule has 26 heavy (non-hydrogen) atoms. The summed E-state index contributed by atoms with van der Waals surface area (Å²) < 4.78 is 12.3. The Labute approximate surface area is 151 Å². The smallest absolute Gasteiger partial charge is 0.276 e. The standard InChI is InChI=1S/C17H21N7O2/c1-11(18-3)8-16-19-17(26-21-16)15(24-12(2)20-22-23-24)10-13-6-5-7-14(9-13)25-4/h5-7,9-11,18H,8H2,1-4H3/b15-10-. The summed E-state index contributed by atoms with van der Waals surface area (Å²) in [5.41, 5.74) is 1.49. The highest BCUT2D eigenvalue weighted by molar-refractivity contribution is 5.78. The summed E-state index contributed by atoms with van der Waals surface area (Å²) in [7, 11) is 3.52. The van der Waals surface area contributed by atoms with Gasteiger partial charge in [-0.25, -0.2) is 0 Å². The third-order valence-electron chi connectivity index (χ3n) is 3.92. The molecule has 1 N–H and O–H groups in total. The van der Waals surface area contributed by atoms with Crippen molar-refractivity contribution in [3.63, 3.8) is 0 Å². The molecule has 136 valence electrons. The van der Waals surface area contributed by atoms with Gasteiger partial charge in [-0.3, -0.25) is 0 Å². The van der Waals surface area contributed by atoms with E-state index in [1.54, 1.807) is 18.7 Å². The largest absolute Gasteiger partial charge is 0.497 e. The number of ether oxygens (including phenoxy) is 1. The first-order valence-electron chi connectivity index (χ1n) is 8.22. The van der Waals surface area contributed by atoms with Crippen LogP contribution in [0.15, 0.2) is 28.8 Å². The van der Waals surface area contributed by atoms with Crippen LogP contribution in [-0.4, -0.2) is 50.5 Å². The predicted octanol–water partition coefficient (Wildman–Crippen LogP) is 1.57. The Morgan fingerprint density at radius 1 is 1.42 bits per heavy atom. The van der Waals surface area contributed by atoms with Gasteiger partial charge in [-0.05, 0) is 55.1 Å². The summed E-state index contributed by atoms with van der Waals surface area (Å²) in [4.78, 5) is 4.50. The first kappa shape index (κ1) is 17.7. The zero-order chi connectivity index (χ0) is 18.5. The number of nitrogens with one attached hydrogen (secondary N) is 1. The number of tetrazole rings is 1. The van der Waals surface area contributed by atoms with E-state index in [-0.39, 0.29) is 6.04 Å². The number of hydrogen-bond acceptors (Lipinski definition) is 8. The van der Waals surface area contributed by atoms with Crippen molar-refractivity contribution in [2.24, 2.45) is 0 Å². The fourth-order valence-electron chi connectivity index (χ4n) is 2.37. The van der Waals surface area contributed by atoms with Crippen molar-refractivity contribution < 1.29 is 9.26 Å². The van der Waals surface area contributed by atoms with Gasteiger partial charge in [0, 0.05) is 12.5 Å². The minimum atomic E-state index is 0.237. The van der Waals surface area contributed by atoms with Crippen LogP contribution >= 0.6 is 0 Å². The first-order valence-corrected chi connectivity index (χ1v) is 8.22. The fourth-order valence-corrected chi connectivity index (χ4v) is 2.37. The summed E-state index contributed by atoms with van der Waals surface area (Å²) in [5.74, 6) is 2.33. The molecule has 2 aromatic heterocycles. The number of rotatable bonds is 7. The normalized spacial score (nSPS) is 13.0. The van der Waals surface area contributed by atoms with Gasteiger partial charge in [0.2, 0.25) is 0 Å². The summed E-state index contributed by atoms with van der Waals surface area (Å²) in [6.07, 6.45) is 2.53. The second-order valence-electron chi connectivity index (χ2n) is 5.85. The lowest BCUT2D eigenvalue weighted by Gasteiger charge is -2.06. The molecule has 0 radical (unpaired) electrons. The summed E-state index contributed by atoms with van der Waals surface area (Å²) >= 11 is 0. The maximum atomic E-state index is 5.47. The second kappa shape index (κ2) is 7.87. The monoisotopic (exact) mass is 355 g/mol. The number of methoxy groups -OCH3 is 1. The van der Waals surface area contributed by atoms with Crippen molar-refractivity contribution in [1.29, 1.82) is 0 Å². The minimum absolute atomic E-state index is 0.237. The zero-order valence-corrected chi connectivity index (χ0v) is 15.2. The van der Waals surface area contributed by atoms with Crippen molar-refractivity contribution in [2.75, 3.05) is 14.2 Å². The van der Waals surface area contributed by atoms with Gasteiger partial charge in [-0.15, -0.1) is 5.10 Å². The van der Waals surface area contributed by atoms with E-state index in [4.69, 9.17) is 9.26 Å². The van der Waals surface area contributed by atoms with Crippen LogP contribution in [0, 0.1) is 6.92 Å². The molecule has 0 spiro atoms. The van der Waals surface area contributed by atoms with Crippen LogP contribution in [0.3, 0.4) is 0 Å². The molecule has 1 aromatic carbocycles. The van der Waals surface area contributed by atoms with Gasteiger partial charge in [0.15, 0.2) is 11.6 Å². The van der Waals surface area contributed by atoms with Gasteiger partial charge < -0.3 is 14.6 Å². The van der Waals surface area contributed by atoms with E-state index in [9.17, 15) is 0 Å². The van der Waals surface area contributed by atoms with Gasteiger partial charge in [0.25, 0.3) is 5.89 Å². The quantitative estimate of drug-likeness (QED) is 0.681. The Morgan fingerprint density at radius 2 is 2.27 bits per heavy atom. The lowest BCUT2D eigenvalue weighted by molar-refractivity contribution is 0.394. The number of nitrogens with zero attached hydrogens (tertiary/aromatic N) is 6. The maximum Gasteiger partial charge on any atom is 0.276 e. The highest BCUT2D eigenvalue weighted by Gasteiger charge is 2.18. The van der Waals surface area contributed by atoms with Gasteiger partial charge in [0.1, 0.15) is 11.4 Å². The second-order valence-corrected chi connectivity index (χ2v) is 5.85. The molecule has 0 aliphatic rings. The van der Waals surface area contributed by atoms with E-state index in [0.29, 0.717) is 29.7 Å². The lowest BCUT2D eigenvalue weighted by Crippen LogP contribution is -2.24. The van der Waals surface area contributed by atoms with Gasteiger partial charge in [-0.2, -0.15) is 9.67 Å². The fraction of sp³-hybridized carbons (Fsp3) is 0.353. The summed E-state index contributed by atoms with van der Waals surface area (Å²) in [5, 5.41) is 18.9. The Kier molecular flexibility index (Phi) is 5.37. The minimum Gasteiger partial charge on any atom is -0.497 e. The lowest BCUT2D eigenvalue weighted by atomic mass is 10.2. The van der Waals surface area contributed by atoms with Crippen LogP contribution < -0.4 is 10.1 Å².